The largest absolute Gasteiger partial charge is 0.496 e. The number of ether oxygens (including phenoxy) is 5. The van der Waals surface area contributed by atoms with Crippen molar-refractivity contribution < 1.29 is 77.6 Å². The third-order valence-electron chi connectivity index (χ3n) is 21.8. The summed E-state index contributed by atoms with van der Waals surface area (Å²) in [6.45, 7) is 1.88. The smallest absolute Gasteiger partial charge is 0.432 e. The number of carbonyl (C=O) groups excluding carboxylic acids is 4. The van der Waals surface area contributed by atoms with Gasteiger partial charge in [-0.1, -0.05) is 36.4 Å². The first-order chi connectivity index (χ1) is 38.4. The van der Waals surface area contributed by atoms with Gasteiger partial charge in [0, 0.05) is 20.2 Å². The highest BCUT2D eigenvalue weighted by atomic mass is 32.3. The van der Waals surface area contributed by atoms with Crippen molar-refractivity contribution in [1.82, 2.24) is 0 Å². The van der Waals surface area contributed by atoms with E-state index < -0.39 is 110 Å². The Balaban J connectivity index is 0.825. The Morgan fingerprint density at radius 3 is 1.67 bits per heavy atom. The zero-order valence-electron chi connectivity index (χ0n) is 46.0. The van der Waals surface area contributed by atoms with Crippen LogP contribution in [0.5, 0.6) is 5.75 Å². The molecular weight excluding hydrogens is 1090 g/mol. The van der Waals surface area contributed by atoms with Gasteiger partial charge in [-0.3, -0.25) is 14.4 Å². The van der Waals surface area contributed by atoms with Crippen LogP contribution in [0.3, 0.4) is 0 Å². The molecule has 12 bridgehead atoms. The summed E-state index contributed by atoms with van der Waals surface area (Å²) in [4.78, 5) is 57.0. The summed E-state index contributed by atoms with van der Waals surface area (Å²) in [6.07, 6.45) is 9.93. The molecule has 12 fully saturated rings. The molecule has 13 aliphatic rings. The van der Waals surface area contributed by atoms with E-state index in [2.05, 4.69) is 0 Å². The lowest BCUT2D eigenvalue weighted by Gasteiger charge is -2.59. The van der Waals surface area contributed by atoms with Gasteiger partial charge in [0.15, 0.2) is 6.61 Å². The van der Waals surface area contributed by atoms with Crippen molar-refractivity contribution >= 4 is 44.3 Å². The third-order valence-corrected chi connectivity index (χ3v) is 27.1. The maximum atomic E-state index is 16.8. The molecule has 0 amide bonds. The summed E-state index contributed by atoms with van der Waals surface area (Å²) in [6, 6.07) is 16.5. The Morgan fingerprint density at radius 1 is 0.667 bits per heavy atom. The molecule has 12 saturated carbocycles. The van der Waals surface area contributed by atoms with Gasteiger partial charge in [0.2, 0.25) is 0 Å². The molecule has 3 aromatic rings. The lowest BCUT2D eigenvalue weighted by atomic mass is 9.48. The number of halogens is 4. The molecule has 3 aromatic carbocycles. The number of aliphatic hydroxyl groups is 1. The highest BCUT2D eigenvalue weighted by Gasteiger charge is 2.69. The van der Waals surface area contributed by atoms with Crippen LogP contribution < -0.4 is 4.74 Å². The molecular formula is C62H72F4O13S2. The second-order valence-electron chi connectivity index (χ2n) is 26.8. The molecule has 1 heterocycles. The summed E-state index contributed by atoms with van der Waals surface area (Å²) in [5.41, 5.74) is -3.18. The molecule has 81 heavy (non-hydrogen) atoms. The number of fused-ring (bicyclic) bond motifs is 3. The second kappa shape index (κ2) is 19.4. The molecule has 13 nitrogen and oxygen atoms in total. The van der Waals surface area contributed by atoms with Gasteiger partial charge in [-0.2, -0.15) is 26.0 Å². The SMILES string of the molecule is COc1ccc(S2(OS(=O)(=O)C(F)(F)C(F)(F)CCOC(=O)C34CC5CC(CC(O)(C5)C3)C4)c3ccccc3-c3ccccc32)cc1C(CC(=O)OC1(C)C2CC3CC(C2)CC1C3)C(=O)OCC(=O)OC1(C)C2CC3CC(C2)CC1C3. The minimum atomic E-state index is -6.71. The van der Waals surface area contributed by atoms with Crippen molar-refractivity contribution in [3.8, 4) is 16.9 Å². The molecule has 0 spiro atoms. The van der Waals surface area contributed by atoms with Crippen LogP contribution in [0.1, 0.15) is 141 Å². The van der Waals surface area contributed by atoms with E-state index in [9.17, 15) is 32.7 Å². The predicted molar refractivity (Wildman–Crippen MR) is 286 cm³/mol. The Hall–Kier alpha value is -4.72. The summed E-state index contributed by atoms with van der Waals surface area (Å²) in [7, 11) is -9.49. The number of esters is 4. The number of alkyl halides is 4. The van der Waals surface area contributed by atoms with Gasteiger partial charge in [-0.25, -0.2) is 8.42 Å². The maximum absolute atomic E-state index is 16.8. The number of carbonyl (C=O) groups is 4. The van der Waals surface area contributed by atoms with Crippen molar-refractivity contribution in [3.63, 3.8) is 0 Å². The van der Waals surface area contributed by atoms with E-state index in [0.717, 1.165) is 64.2 Å². The molecule has 0 saturated heterocycles. The Morgan fingerprint density at radius 2 is 1.16 bits per heavy atom. The molecule has 16 rings (SSSR count). The first-order valence-electron chi connectivity index (χ1n) is 29.3. The first-order valence-corrected chi connectivity index (χ1v) is 32.2. The van der Waals surface area contributed by atoms with Crippen LogP contribution in [0, 0.1) is 64.6 Å². The van der Waals surface area contributed by atoms with Gasteiger partial charge in [-0.05, 0) is 228 Å². The molecule has 12 aliphatic carbocycles. The minimum absolute atomic E-state index is 0.0101. The standard InChI is InChI=1S/C62H72F4O13S2/c1-57(41-19-35-16-36(21-41)22-42(57)20-35)77-53(67)28-49(55(69)76-33-54(68)78-58(2)43-23-37-17-38(25-43)26-44(58)24-37)48-27-45(12-13-50(48)74-3)80(51-10-6-4-8-46(51)47-9-5-7-11-52(47)80)79-81(72,73)62(65,66)61(63,64)14-15-75-56(70)59-29-39-18-40(30-59)32-60(71,31-39)34-59/h4-13,27,35-44,49,71H,14-26,28-34H2,1-3H3. The average Bonchev–Trinajstić information content (AvgIpc) is 2.94. The topological polar surface area (TPSA) is 178 Å². The first kappa shape index (κ1) is 55.5. The number of benzene rings is 3. The molecule has 1 N–H and O–H groups in total. The van der Waals surface area contributed by atoms with Crippen LogP contribution in [0.25, 0.3) is 11.1 Å². The monoisotopic (exact) mass is 1160 g/mol. The highest BCUT2D eigenvalue weighted by Crippen LogP contribution is 2.78. The van der Waals surface area contributed by atoms with Crippen LogP contribution in [0.2, 0.25) is 0 Å². The van der Waals surface area contributed by atoms with Crippen LogP contribution in [-0.4, -0.2) is 85.7 Å². The van der Waals surface area contributed by atoms with E-state index in [1.54, 1.807) is 24.3 Å². The fourth-order valence-electron chi connectivity index (χ4n) is 18.8. The summed E-state index contributed by atoms with van der Waals surface area (Å²) in [5, 5.41) is 5.27. The number of hydrogen-bond acceptors (Lipinski definition) is 13. The van der Waals surface area contributed by atoms with Crippen LogP contribution in [0.15, 0.2) is 81.4 Å². The van der Waals surface area contributed by atoms with Crippen molar-refractivity contribution in [2.75, 3.05) is 20.3 Å². The van der Waals surface area contributed by atoms with Gasteiger partial charge in [0.1, 0.15) is 17.0 Å². The van der Waals surface area contributed by atoms with Crippen LogP contribution in [-0.2, 0) is 51.9 Å². The van der Waals surface area contributed by atoms with E-state index in [4.69, 9.17) is 27.3 Å². The predicted octanol–water partition coefficient (Wildman–Crippen LogP) is 12.2. The molecule has 3 unspecified atom stereocenters. The Labute approximate surface area is 471 Å². The molecule has 438 valence electrons. The lowest BCUT2D eigenvalue weighted by molar-refractivity contribution is -0.207. The van der Waals surface area contributed by atoms with Gasteiger partial charge in [0.25, 0.3) is 0 Å². The Bertz CT molecular complexity index is 3060. The lowest BCUT2D eigenvalue weighted by Crippen LogP contribution is -2.58. The van der Waals surface area contributed by atoms with E-state index >= 15 is 17.6 Å². The van der Waals surface area contributed by atoms with Gasteiger partial charge >= 0.3 is 45.2 Å². The van der Waals surface area contributed by atoms with Gasteiger partial charge < -0.3 is 28.8 Å². The minimum Gasteiger partial charge on any atom is -0.496 e. The fourth-order valence-corrected chi connectivity index (χ4v) is 24.4. The average molecular weight is 1170 g/mol. The van der Waals surface area contributed by atoms with E-state index in [-0.39, 0.29) is 67.9 Å². The van der Waals surface area contributed by atoms with Gasteiger partial charge in [0.05, 0.1) is 43.5 Å². The number of rotatable bonds is 18. The Kier molecular flexibility index (Phi) is 13.3. The molecule has 1 aliphatic heterocycles. The quantitative estimate of drug-likeness (QED) is 0.0723. The normalized spacial score (nSPS) is 36.8. The van der Waals surface area contributed by atoms with Crippen molar-refractivity contribution in [1.29, 1.82) is 0 Å². The molecule has 3 atom stereocenters. The third kappa shape index (κ3) is 8.97. The van der Waals surface area contributed by atoms with Crippen LogP contribution in [0.4, 0.5) is 17.6 Å². The zero-order valence-corrected chi connectivity index (χ0v) is 47.7. The molecule has 19 heteroatoms. The maximum Gasteiger partial charge on any atom is 0.432 e. The summed E-state index contributed by atoms with van der Waals surface area (Å²) >= 11 is 0. The van der Waals surface area contributed by atoms with E-state index in [1.807, 2.05) is 13.8 Å². The molecule has 0 aromatic heterocycles. The van der Waals surface area contributed by atoms with E-state index in [0.29, 0.717) is 60.5 Å². The van der Waals surface area contributed by atoms with Crippen molar-refractivity contribution in [2.24, 2.45) is 64.6 Å². The van der Waals surface area contributed by atoms with Gasteiger partial charge in [-0.15, -0.1) is 0 Å². The second-order valence-corrected chi connectivity index (χ2v) is 31.3. The highest BCUT2D eigenvalue weighted by molar-refractivity contribution is 8.33. The number of methoxy groups -OCH3 is 1. The van der Waals surface area contributed by atoms with E-state index in [1.165, 1.54) is 56.0 Å². The van der Waals surface area contributed by atoms with Crippen molar-refractivity contribution in [3.05, 3.63) is 72.3 Å². The number of hydrogen-bond donors (Lipinski definition) is 1. The van der Waals surface area contributed by atoms with Crippen LogP contribution >= 0.6 is 10.3 Å². The van der Waals surface area contributed by atoms with Crippen molar-refractivity contribution in [2.45, 2.75) is 178 Å². The molecule has 0 radical (unpaired) electrons. The summed E-state index contributed by atoms with van der Waals surface area (Å²) in [5.74, 6) is -7.53. The summed E-state index contributed by atoms with van der Waals surface area (Å²) < 4.78 is 131. The fraction of sp³-hybridized carbons (Fsp3) is 0.645. The zero-order chi connectivity index (χ0) is 56.9.